The van der Waals surface area contributed by atoms with Gasteiger partial charge in [0.05, 0.1) is 5.69 Å². The number of carbonyl (C=O) groups is 1. The number of urea groups is 1. The Labute approximate surface area is 112 Å². The van der Waals surface area contributed by atoms with E-state index in [4.69, 9.17) is 0 Å². The first-order chi connectivity index (χ1) is 8.88. The van der Waals surface area contributed by atoms with Crippen molar-refractivity contribution < 1.29 is 13.6 Å². The van der Waals surface area contributed by atoms with E-state index in [1.165, 1.54) is 0 Å². The maximum atomic E-state index is 13.3. The zero-order valence-corrected chi connectivity index (χ0v) is 11.5. The largest absolute Gasteiger partial charge is 0.335 e. The number of rotatable bonds is 5. The van der Waals surface area contributed by atoms with E-state index in [9.17, 15) is 13.6 Å². The van der Waals surface area contributed by atoms with Crippen molar-refractivity contribution in [2.24, 2.45) is 5.92 Å². The first kappa shape index (κ1) is 15.4. The Morgan fingerprint density at radius 3 is 2.53 bits per heavy atom. The predicted octanol–water partition coefficient (Wildman–Crippen LogP) is 3.91. The van der Waals surface area contributed by atoms with Crippen LogP contribution in [-0.2, 0) is 0 Å². The third kappa shape index (κ3) is 5.68. The highest BCUT2D eigenvalue weighted by Crippen LogP contribution is 2.15. The fraction of sp³-hybridized carbons (Fsp3) is 0.500. The van der Waals surface area contributed by atoms with Gasteiger partial charge in [-0.3, -0.25) is 0 Å². The minimum absolute atomic E-state index is 0.0148. The van der Waals surface area contributed by atoms with Crippen LogP contribution in [0.4, 0.5) is 19.3 Å². The number of carbonyl (C=O) groups excluding carboxylic acids is 1. The van der Waals surface area contributed by atoms with Crippen LogP contribution in [0.5, 0.6) is 0 Å². The first-order valence-electron chi connectivity index (χ1n) is 6.41. The van der Waals surface area contributed by atoms with Crippen molar-refractivity contribution in [1.82, 2.24) is 5.32 Å². The molecule has 1 atom stereocenters. The lowest BCUT2D eigenvalue weighted by Gasteiger charge is -2.16. The number of nitrogens with one attached hydrogen (secondary N) is 2. The summed E-state index contributed by atoms with van der Waals surface area (Å²) in [7, 11) is 0. The molecule has 1 rings (SSSR count). The van der Waals surface area contributed by atoms with Gasteiger partial charge in [-0.1, -0.05) is 13.8 Å². The third-order valence-corrected chi connectivity index (χ3v) is 2.73. The molecule has 0 bridgehead atoms. The fourth-order valence-electron chi connectivity index (χ4n) is 1.63. The van der Waals surface area contributed by atoms with E-state index in [0.717, 1.165) is 31.0 Å². The molecule has 0 heterocycles. The smallest absolute Gasteiger partial charge is 0.319 e. The molecule has 0 saturated heterocycles. The molecule has 0 saturated carbocycles. The Balaban J connectivity index is 2.48. The molecule has 2 amide bonds. The number of halogens is 2. The summed E-state index contributed by atoms with van der Waals surface area (Å²) in [4.78, 5) is 11.6. The highest BCUT2D eigenvalue weighted by Gasteiger charge is 2.11. The summed E-state index contributed by atoms with van der Waals surface area (Å²) in [6, 6.07) is 2.39. The molecule has 0 aliphatic carbocycles. The molecule has 1 aromatic rings. The highest BCUT2D eigenvalue weighted by atomic mass is 19.1. The SMILES string of the molecule is CC(C)CCC(C)NC(=O)Nc1cc(F)ccc1F. The fourth-order valence-corrected chi connectivity index (χ4v) is 1.63. The summed E-state index contributed by atoms with van der Waals surface area (Å²) >= 11 is 0. The molecule has 0 fully saturated rings. The lowest BCUT2D eigenvalue weighted by Crippen LogP contribution is -2.36. The molecule has 1 unspecified atom stereocenters. The van der Waals surface area contributed by atoms with Crippen LogP contribution in [0.2, 0.25) is 0 Å². The second kappa shape index (κ2) is 7.07. The molecule has 19 heavy (non-hydrogen) atoms. The van der Waals surface area contributed by atoms with E-state index < -0.39 is 17.7 Å². The van der Waals surface area contributed by atoms with Gasteiger partial charge in [-0.2, -0.15) is 0 Å². The molecule has 0 radical (unpaired) electrons. The molecule has 0 spiro atoms. The average molecular weight is 270 g/mol. The van der Waals surface area contributed by atoms with Gasteiger partial charge in [0.1, 0.15) is 11.6 Å². The van der Waals surface area contributed by atoms with E-state index in [2.05, 4.69) is 24.5 Å². The van der Waals surface area contributed by atoms with E-state index in [1.807, 2.05) is 6.92 Å². The summed E-state index contributed by atoms with van der Waals surface area (Å²) in [5.74, 6) is -0.691. The van der Waals surface area contributed by atoms with Crippen LogP contribution in [0, 0.1) is 17.6 Å². The lowest BCUT2D eigenvalue weighted by atomic mass is 10.0. The van der Waals surface area contributed by atoms with E-state index in [-0.39, 0.29) is 11.7 Å². The summed E-state index contributed by atoms with van der Waals surface area (Å²) in [5.41, 5.74) is -0.159. The van der Waals surface area contributed by atoms with Gasteiger partial charge in [0.15, 0.2) is 0 Å². The van der Waals surface area contributed by atoms with E-state index in [1.54, 1.807) is 0 Å². The van der Waals surface area contributed by atoms with Crippen molar-refractivity contribution in [3.05, 3.63) is 29.8 Å². The molecule has 3 nitrogen and oxygen atoms in total. The van der Waals surface area contributed by atoms with Crippen LogP contribution in [0.1, 0.15) is 33.6 Å². The molecule has 106 valence electrons. The molecule has 5 heteroatoms. The van der Waals surface area contributed by atoms with Crippen molar-refractivity contribution in [2.75, 3.05) is 5.32 Å². The Morgan fingerprint density at radius 2 is 1.89 bits per heavy atom. The van der Waals surface area contributed by atoms with Crippen molar-refractivity contribution >= 4 is 11.7 Å². The highest BCUT2D eigenvalue weighted by molar-refractivity contribution is 5.89. The second-order valence-electron chi connectivity index (χ2n) is 5.09. The first-order valence-corrected chi connectivity index (χ1v) is 6.41. The number of anilines is 1. The average Bonchev–Trinajstić information content (AvgIpc) is 2.31. The standard InChI is InChI=1S/C14H20F2N2O/c1-9(2)4-5-10(3)17-14(19)18-13-8-11(15)6-7-12(13)16/h6-10H,4-5H2,1-3H3,(H2,17,18,19). The van der Waals surface area contributed by atoms with Gasteiger partial charge in [0.2, 0.25) is 0 Å². The van der Waals surface area contributed by atoms with Crippen molar-refractivity contribution in [2.45, 2.75) is 39.7 Å². The van der Waals surface area contributed by atoms with Gasteiger partial charge in [0.25, 0.3) is 0 Å². The Kier molecular flexibility index (Phi) is 5.73. The molecule has 0 aliphatic heterocycles. The van der Waals surface area contributed by atoms with Crippen LogP contribution < -0.4 is 10.6 Å². The number of hydrogen-bond acceptors (Lipinski definition) is 1. The van der Waals surface area contributed by atoms with Crippen LogP contribution in [0.25, 0.3) is 0 Å². The van der Waals surface area contributed by atoms with E-state index >= 15 is 0 Å². The monoisotopic (exact) mass is 270 g/mol. The van der Waals surface area contributed by atoms with Gasteiger partial charge in [-0.05, 0) is 37.8 Å². The summed E-state index contributed by atoms with van der Waals surface area (Å²) < 4.78 is 26.2. The molecule has 0 aromatic heterocycles. The van der Waals surface area contributed by atoms with Gasteiger partial charge < -0.3 is 10.6 Å². The summed E-state index contributed by atoms with van der Waals surface area (Å²) in [6.07, 6.45) is 1.84. The lowest BCUT2D eigenvalue weighted by molar-refractivity contribution is 0.248. The maximum Gasteiger partial charge on any atom is 0.319 e. The van der Waals surface area contributed by atoms with Gasteiger partial charge >= 0.3 is 6.03 Å². The summed E-state index contributed by atoms with van der Waals surface area (Å²) in [5, 5.41) is 5.00. The van der Waals surface area contributed by atoms with Gasteiger partial charge in [-0.25, -0.2) is 13.6 Å². The number of hydrogen-bond donors (Lipinski definition) is 2. The minimum atomic E-state index is -0.661. The normalized spacial score (nSPS) is 12.3. The molecular formula is C14H20F2N2O. The van der Waals surface area contributed by atoms with Gasteiger partial charge in [-0.15, -0.1) is 0 Å². The van der Waals surface area contributed by atoms with Gasteiger partial charge in [0, 0.05) is 12.1 Å². The molecule has 2 N–H and O–H groups in total. The molecule has 0 aliphatic rings. The quantitative estimate of drug-likeness (QED) is 0.836. The van der Waals surface area contributed by atoms with Crippen LogP contribution in [-0.4, -0.2) is 12.1 Å². The summed E-state index contributed by atoms with van der Waals surface area (Å²) in [6.45, 7) is 6.09. The van der Waals surface area contributed by atoms with Crippen molar-refractivity contribution in [3.8, 4) is 0 Å². The zero-order chi connectivity index (χ0) is 14.4. The Hall–Kier alpha value is -1.65. The second-order valence-corrected chi connectivity index (χ2v) is 5.09. The Morgan fingerprint density at radius 1 is 1.21 bits per heavy atom. The number of benzene rings is 1. The Bertz CT molecular complexity index is 435. The van der Waals surface area contributed by atoms with Crippen LogP contribution in [0.3, 0.4) is 0 Å². The van der Waals surface area contributed by atoms with Crippen LogP contribution in [0.15, 0.2) is 18.2 Å². The maximum absolute atomic E-state index is 13.3. The van der Waals surface area contributed by atoms with Crippen molar-refractivity contribution in [1.29, 1.82) is 0 Å². The minimum Gasteiger partial charge on any atom is -0.335 e. The van der Waals surface area contributed by atoms with E-state index in [0.29, 0.717) is 5.92 Å². The molecule has 1 aromatic carbocycles. The topological polar surface area (TPSA) is 41.1 Å². The third-order valence-electron chi connectivity index (χ3n) is 2.73. The zero-order valence-electron chi connectivity index (χ0n) is 11.5. The molecular weight excluding hydrogens is 250 g/mol. The van der Waals surface area contributed by atoms with Crippen molar-refractivity contribution in [3.63, 3.8) is 0 Å². The predicted molar refractivity (Wildman–Crippen MR) is 72.0 cm³/mol. The van der Waals surface area contributed by atoms with Crippen LogP contribution >= 0.6 is 0 Å². The number of amides is 2.